The van der Waals surface area contributed by atoms with Crippen LogP contribution in [0.2, 0.25) is 5.02 Å². The van der Waals surface area contributed by atoms with Crippen LogP contribution in [0.3, 0.4) is 0 Å². The van der Waals surface area contributed by atoms with E-state index in [0.717, 1.165) is 17.8 Å². The minimum Gasteiger partial charge on any atom is -0.307 e. The molecule has 5 heteroatoms. The Morgan fingerprint density at radius 1 is 1.35 bits per heavy atom. The molecular formula is C15H16ClFN2S. The third-order valence-electron chi connectivity index (χ3n) is 3.67. The average Bonchev–Trinajstić information content (AvgIpc) is 2.87. The molecule has 1 aromatic carbocycles. The summed E-state index contributed by atoms with van der Waals surface area (Å²) in [6.45, 7) is 0. The molecule has 3 rings (SSSR count). The van der Waals surface area contributed by atoms with Gasteiger partial charge in [0.15, 0.2) is 0 Å². The molecule has 1 unspecified atom stereocenters. The van der Waals surface area contributed by atoms with Gasteiger partial charge in [0.1, 0.15) is 10.8 Å². The molecular weight excluding hydrogens is 295 g/mol. The van der Waals surface area contributed by atoms with Crippen molar-refractivity contribution in [2.45, 2.75) is 31.7 Å². The molecule has 0 spiro atoms. The lowest BCUT2D eigenvalue weighted by molar-refractivity contribution is 0.574. The van der Waals surface area contributed by atoms with Crippen LogP contribution in [0.25, 0.3) is 0 Å². The molecule has 0 fully saturated rings. The molecule has 2 aromatic rings. The van der Waals surface area contributed by atoms with Gasteiger partial charge in [0, 0.05) is 15.5 Å². The number of aromatic nitrogens is 1. The van der Waals surface area contributed by atoms with Crippen LogP contribution in [-0.4, -0.2) is 12.0 Å². The Kier molecular flexibility index (Phi) is 4.06. The highest BCUT2D eigenvalue weighted by molar-refractivity contribution is 7.11. The lowest BCUT2D eigenvalue weighted by Crippen LogP contribution is -2.19. The van der Waals surface area contributed by atoms with Crippen LogP contribution >= 0.6 is 22.9 Å². The van der Waals surface area contributed by atoms with E-state index in [-0.39, 0.29) is 11.9 Å². The van der Waals surface area contributed by atoms with Crippen LogP contribution in [-0.2, 0) is 12.8 Å². The van der Waals surface area contributed by atoms with E-state index < -0.39 is 0 Å². The smallest absolute Gasteiger partial charge is 0.128 e. The molecule has 1 heterocycles. The summed E-state index contributed by atoms with van der Waals surface area (Å²) in [7, 11) is 1.82. The molecule has 0 amide bonds. The van der Waals surface area contributed by atoms with Gasteiger partial charge in [-0.2, -0.15) is 0 Å². The number of fused-ring (bicyclic) bond motifs is 1. The maximum absolute atomic E-state index is 14.1. The van der Waals surface area contributed by atoms with Crippen LogP contribution < -0.4 is 5.32 Å². The van der Waals surface area contributed by atoms with E-state index in [2.05, 4.69) is 5.32 Å². The molecule has 0 saturated carbocycles. The Morgan fingerprint density at radius 2 is 2.15 bits per heavy atom. The first-order valence-electron chi connectivity index (χ1n) is 6.79. The molecule has 1 aliphatic carbocycles. The summed E-state index contributed by atoms with van der Waals surface area (Å²) in [5.74, 6) is -0.248. The summed E-state index contributed by atoms with van der Waals surface area (Å²) < 4.78 is 14.1. The van der Waals surface area contributed by atoms with Gasteiger partial charge in [0.2, 0.25) is 0 Å². The maximum atomic E-state index is 14.1. The molecule has 1 atom stereocenters. The highest BCUT2D eigenvalue weighted by Gasteiger charge is 2.23. The van der Waals surface area contributed by atoms with Gasteiger partial charge in [-0.3, -0.25) is 0 Å². The third-order valence-corrected chi connectivity index (χ3v) is 5.12. The Hall–Kier alpha value is -0.970. The van der Waals surface area contributed by atoms with Crippen molar-refractivity contribution in [2.75, 3.05) is 7.05 Å². The molecule has 106 valence electrons. The second-order valence-electron chi connectivity index (χ2n) is 5.02. The Balaban J connectivity index is 2.01. The first-order valence-corrected chi connectivity index (χ1v) is 7.99. The third kappa shape index (κ3) is 2.60. The molecule has 1 aromatic heterocycles. The van der Waals surface area contributed by atoms with Crippen molar-refractivity contribution in [1.82, 2.24) is 10.3 Å². The van der Waals surface area contributed by atoms with Gasteiger partial charge in [-0.1, -0.05) is 11.6 Å². The number of benzene rings is 1. The fraction of sp³-hybridized carbons (Fsp3) is 0.400. The highest BCUT2D eigenvalue weighted by Crippen LogP contribution is 2.33. The lowest BCUT2D eigenvalue weighted by Gasteiger charge is -2.15. The summed E-state index contributed by atoms with van der Waals surface area (Å²) in [5, 5.41) is 4.64. The number of aryl methyl sites for hydroxylation is 2. The first kappa shape index (κ1) is 14.0. The minimum absolute atomic E-state index is 0.232. The number of halogens is 2. The molecule has 1 N–H and O–H groups in total. The van der Waals surface area contributed by atoms with Crippen molar-refractivity contribution < 1.29 is 4.39 Å². The van der Waals surface area contributed by atoms with Gasteiger partial charge in [0.05, 0.1) is 11.7 Å². The Morgan fingerprint density at radius 3 is 2.90 bits per heavy atom. The van der Waals surface area contributed by atoms with Gasteiger partial charge in [-0.15, -0.1) is 11.3 Å². The molecule has 0 aliphatic heterocycles. The first-order chi connectivity index (χ1) is 9.69. The van der Waals surface area contributed by atoms with Crippen molar-refractivity contribution >= 4 is 22.9 Å². The van der Waals surface area contributed by atoms with Gasteiger partial charge in [-0.25, -0.2) is 9.37 Å². The average molecular weight is 311 g/mol. The van der Waals surface area contributed by atoms with E-state index in [1.807, 2.05) is 7.05 Å². The van der Waals surface area contributed by atoms with Crippen molar-refractivity contribution in [2.24, 2.45) is 0 Å². The zero-order valence-electron chi connectivity index (χ0n) is 11.2. The zero-order chi connectivity index (χ0) is 14.1. The van der Waals surface area contributed by atoms with Crippen LogP contribution in [0.15, 0.2) is 18.2 Å². The highest BCUT2D eigenvalue weighted by atomic mass is 35.5. The SMILES string of the molecule is CNC(c1nc2c(s1)CCCC2)c1cc(Cl)ccc1F. The van der Waals surface area contributed by atoms with Gasteiger partial charge in [-0.05, 0) is 50.9 Å². The summed E-state index contributed by atoms with van der Waals surface area (Å²) in [5.41, 5.74) is 1.75. The van der Waals surface area contributed by atoms with Crippen molar-refractivity contribution in [3.8, 4) is 0 Å². The van der Waals surface area contributed by atoms with E-state index >= 15 is 0 Å². The topological polar surface area (TPSA) is 24.9 Å². The van der Waals surface area contributed by atoms with E-state index in [1.54, 1.807) is 23.5 Å². The minimum atomic E-state index is -0.248. The molecule has 20 heavy (non-hydrogen) atoms. The van der Waals surface area contributed by atoms with E-state index in [0.29, 0.717) is 10.6 Å². The van der Waals surface area contributed by atoms with Crippen LogP contribution in [0.4, 0.5) is 4.39 Å². The number of nitrogens with zero attached hydrogens (tertiary/aromatic N) is 1. The van der Waals surface area contributed by atoms with Crippen molar-refractivity contribution in [1.29, 1.82) is 0 Å². The maximum Gasteiger partial charge on any atom is 0.128 e. The van der Waals surface area contributed by atoms with Gasteiger partial charge in [0.25, 0.3) is 0 Å². The number of hydrogen-bond donors (Lipinski definition) is 1. The quantitative estimate of drug-likeness (QED) is 0.922. The normalized spacial score (nSPS) is 15.9. The fourth-order valence-corrected chi connectivity index (χ4v) is 4.11. The largest absolute Gasteiger partial charge is 0.307 e. The summed E-state index contributed by atoms with van der Waals surface area (Å²) in [6, 6.07) is 4.43. The van der Waals surface area contributed by atoms with Crippen LogP contribution in [0, 0.1) is 5.82 Å². The number of rotatable bonds is 3. The molecule has 0 saturated heterocycles. The second-order valence-corrected chi connectivity index (χ2v) is 6.57. The Labute approximate surface area is 127 Å². The predicted octanol–water partition coefficient (Wildman–Crippen LogP) is 4.12. The Bertz CT molecular complexity index is 603. The van der Waals surface area contributed by atoms with Crippen LogP contribution in [0.5, 0.6) is 0 Å². The van der Waals surface area contributed by atoms with E-state index in [9.17, 15) is 4.39 Å². The van der Waals surface area contributed by atoms with Gasteiger partial charge >= 0.3 is 0 Å². The zero-order valence-corrected chi connectivity index (χ0v) is 12.8. The summed E-state index contributed by atoms with van der Waals surface area (Å²) in [6.07, 6.45) is 4.57. The second kappa shape index (κ2) is 5.80. The summed E-state index contributed by atoms with van der Waals surface area (Å²) >= 11 is 7.69. The molecule has 1 aliphatic rings. The number of thiazole rings is 1. The number of nitrogens with one attached hydrogen (secondary N) is 1. The van der Waals surface area contributed by atoms with Gasteiger partial charge < -0.3 is 5.32 Å². The standard InChI is InChI=1S/C15H16ClFN2S/c1-18-14(10-8-9(16)6-7-11(10)17)15-19-12-4-2-3-5-13(12)20-15/h6-8,14,18H,2-5H2,1H3. The fourth-order valence-electron chi connectivity index (χ4n) is 2.64. The van der Waals surface area contributed by atoms with Crippen LogP contribution in [0.1, 0.15) is 40.0 Å². The number of hydrogen-bond acceptors (Lipinski definition) is 3. The van der Waals surface area contributed by atoms with E-state index in [4.69, 9.17) is 16.6 Å². The predicted molar refractivity (Wildman–Crippen MR) is 81.1 cm³/mol. The molecule has 0 bridgehead atoms. The molecule has 2 nitrogen and oxygen atoms in total. The lowest BCUT2D eigenvalue weighted by atomic mass is 10.0. The van der Waals surface area contributed by atoms with Crippen molar-refractivity contribution in [3.63, 3.8) is 0 Å². The monoisotopic (exact) mass is 310 g/mol. The van der Waals surface area contributed by atoms with Crippen molar-refractivity contribution in [3.05, 3.63) is 50.2 Å². The summed E-state index contributed by atoms with van der Waals surface area (Å²) in [4.78, 5) is 6.07. The molecule has 0 radical (unpaired) electrons. The van der Waals surface area contributed by atoms with E-state index in [1.165, 1.54) is 29.5 Å².